The van der Waals surface area contributed by atoms with Gasteiger partial charge in [-0.1, -0.05) is 18.2 Å². The molecule has 0 aliphatic rings. The van der Waals surface area contributed by atoms with E-state index in [1.807, 2.05) is 0 Å². The smallest absolute Gasteiger partial charge is 0.398 e. The van der Waals surface area contributed by atoms with E-state index in [1.54, 1.807) is 19.2 Å². The molecule has 2 aromatic rings. The van der Waals surface area contributed by atoms with Crippen molar-refractivity contribution in [2.24, 2.45) is 16.5 Å². The molecule has 1 amide bonds. The fraction of sp³-hybridized carbons (Fsp3) is 0.150. The maximum Gasteiger partial charge on any atom is 0.416 e. The largest absolute Gasteiger partial charge is 0.416 e. The van der Waals surface area contributed by atoms with Crippen molar-refractivity contribution in [3.05, 3.63) is 70.8 Å². The zero-order valence-corrected chi connectivity index (χ0v) is 16.3. The number of nitrogens with zero attached hydrogens (tertiary/aromatic N) is 1. The molecule has 0 radical (unpaired) electrons. The number of carbonyl (C=O) groups excluding carboxylic acids is 1. The number of nitrogens with two attached hydrogens (primary N) is 2. The predicted octanol–water partition coefficient (Wildman–Crippen LogP) is 2.81. The van der Waals surface area contributed by atoms with Crippen LogP contribution in [0, 0.1) is 5.41 Å². The molecule has 0 aromatic heterocycles. The van der Waals surface area contributed by atoms with Crippen LogP contribution in [0.3, 0.4) is 0 Å². The van der Waals surface area contributed by atoms with Gasteiger partial charge >= 0.3 is 6.18 Å². The summed E-state index contributed by atoms with van der Waals surface area (Å²) in [6.07, 6.45) is -4.54. The molecule has 0 fully saturated rings. The van der Waals surface area contributed by atoms with Crippen LogP contribution >= 0.6 is 0 Å². The van der Waals surface area contributed by atoms with E-state index in [-0.39, 0.29) is 22.7 Å². The van der Waals surface area contributed by atoms with Gasteiger partial charge in [0.05, 0.1) is 16.8 Å². The van der Waals surface area contributed by atoms with E-state index in [0.29, 0.717) is 17.1 Å². The Hall–Kier alpha value is -3.82. The maximum absolute atomic E-state index is 12.8. The molecule has 0 saturated carbocycles. The summed E-state index contributed by atoms with van der Waals surface area (Å²) in [7, 11) is 3.14. The number of benzene rings is 2. The Balaban J connectivity index is 2.27. The first-order valence-electron chi connectivity index (χ1n) is 8.66. The third kappa shape index (κ3) is 5.16. The van der Waals surface area contributed by atoms with Gasteiger partial charge in [0.15, 0.2) is 0 Å². The molecule has 2 rings (SSSR count). The van der Waals surface area contributed by atoms with E-state index in [0.717, 1.165) is 12.1 Å². The fourth-order valence-electron chi connectivity index (χ4n) is 2.67. The molecule has 0 bridgehead atoms. The summed E-state index contributed by atoms with van der Waals surface area (Å²) in [4.78, 5) is 16.3. The summed E-state index contributed by atoms with van der Waals surface area (Å²) in [6, 6.07) is 10.4. The van der Waals surface area contributed by atoms with Gasteiger partial charge in [0.25, 0.3) is 5.91 Å². The molecule has 0 heterocycles. The third-order valence-electron chi connectivity index (χ3n) is 4.14. The number of nitrogens with one attached hydrogen (secondary N) is 3. The quantitative estimate of drug-likeness (QED) is 0.378. The molecule has 0 atom stereocenters. The van der Waals surface area contributed by atoms with Gasteiger partial charge in [-0.2, -0.15) is 13.2 Å². The molecule has 0 saturated heterocycles. The van der Waals surface area contributed by atoms with Gasteiger partial charge in [-0.3, -0.25) is 15.2 Å². The van der Waals surface area contributed by atoms with E-state index >= 15 is 0 Å². The van der Waals surface area contributed by atoms with Crippen LogP contribution in [0.4, 0.5) is 18.9 Å². The molecule has 10 heteroatoms. The van der Waals surface area contributed by atoms with Crippen molar-refractivity contribution < 1.29 is 18.0 Å². The summed E-state index contributed by atoms with van der Waals surface area (Å²) in [5, 5.41) is 13.1. The van der Waals surface area contributed by atoms with Gasteiger partial charge in [-0.15, -0.1) is 0 Å². The molecular formula is C20H21F3N6O. The van der Waals surface area contributed by atoms with E-state index in [4.69, 9.17) is 16.9 Å². The van der Waals surface area contributed by atoms with Crippen molar-refractivity contribution >= 4 is 29.0 Å². The topological polar surface area (TPSA) is 129 Å². The number of alkyl halides is 3. The highest BCUT2D eigenvalue weighted by Gasteiger charge is 2.30. The highest BCUT2D eigenvalue weighted by atomic mass is 19.4. The Kier molecular flexibility index (Phi) is 6.83. The minimum Gasteiger partial charge on any atom is -0.398 e. The lowest BCUT2D eigenvalue weighted by Gasteiger charge is -2.14. The summed E-state index contributed by atoms with van der Waals surface area (Å²) in [6.45, 7) is 0. The number of hydrogen-bond acceptors (Lipinski definition) is 4. The number of rotatable bonds is 5. The lowest BCUT2D eigenvalue weighted by atomic mass is 10.0. The van der Waals surface area contributed by atoms with E-state index in [2.05, 4.69) is 15.6 Å². The van der Waals surface area contributed by atoms with Crippen LogP contribution in [0.5, 0.6) is 0 Å². The maximum atomic E-state index is 12.8. The molecule has 7 N–H and O–H groups in total. The minimum absolute atomic E-state index is 0.120. The lowest BCUT2D eigenvalue weighted by molar-refractivity contribution is -0.137. The predicted molar refractivity (Wildman–Crippen MR) is 111 cm³/mol. The van der Waals surface area contributed by atoms with Crippen LogP contribution in [0.1, 0.15) is 21.5 Å². The Morgan fingerprint density at radius 3 is 2.20 bits per heavy atom. The normalized spacial score (nSPS) is 12.8. The van der Waals surface area contributed by atoms with Crippen LogP contribution in [-0.2, 0) is 6.18 Å². The van der Waals surface area contributed by atoms with Gasteiger partial charge in [0.1, 0.15) is 11.7 Å². The number of amides is 1. The first-order chi connectivity index (χ1) is 14.1. The van der Waals surface area contributed by atoms with Crippen molar-refractivity contribution in [2.45, 2.75) is 6.18 Å². The highest BCUT2D eigenvalue weighted by molar-refractivity contribution is 6.25. The van der Waals surface area contributed by atoms with Crippen molar-refractivity contribution in [1.29, 1.82) is 5.41 Å². The van der Waals surface area contributed by atoms with Crippen LogP contribution < -0.4 is 22.1 Å². The van der Waals surface area contributed by atoms with E-state index in [9.17, 15) is 18.0 Å². The molecule has 0 aliphatic heterocycles. The summed E-state index contributed by atoms with van der Waals surface area (Å²) >= 11 is 0. The number of halogens is 3. The number of amidine groups is 2. The SMILES string of the molecule is CN=C(NC)/C(C(=N)N)=C(\N)c1ccc(NC(=O)c2cccc(C(F)(F)F)c2)cc1. The second kappa shape index (κ2) is 9.12. The van der Waals surface area contributed by atoms with Crippen molar-refractivity contribution in [2.75, 3.05) is 19.4 Å². The second-order valence-electron chi connectivity index (χ2n) is 6.13. The molecule has 0 aliphatic carbocycles. The average Bonchev–Trinajstić information content (AvgIpc) is 2.71. The number of carbonyl (C=O) groups is 1. The number of likely N-dealkylation sites (N-methyl/N-ethyl adjacent to an activating group) is 1. The molecule has 158 valence electrons. The molecule has 7 nitrogen and oxygen atoms in total. The molecular weight excluding hydrogens is 397 g/mol. The Morgan fingerprint density at radius 2 is 1.70 bits per heavy atom. The van der Waals surface area contributed by atoms with Crippen LogP contribution in [0.2, 0.25) is 0 Å². The lowest BCUT2D eigenvalue weighted by Crippen LogP contribution is -2.31. The van der Waals surface area contributed by atoms with Gasteiger partial charge in [0.2, 0.25) is 0 Å². The first kappa shape index (κ1) is 22.5. The summed E-state index contributed by atoms with van der Waals surface area (Å²) < 4.78 is 38.5. The standard InChI is InChI=1S/C20H21F3N6O/c1-27-18(28-2)15(17(25)26)16(24)11-6-8-14(9-7-11)29-19(30)12-4-3-5-13(10-12)20(21,22)23/h3-10H,24H2,1-2H3,(H3,25,26)(H,27,28)(H,29,30)/b16-15-. The van der Waals surface area contributed by atoms with E-state index in [1.165, 1.54) is 31.3 Å². The first-order valence-corrected chi connectivity index (χ1v) is 8.66. The summed E-state index contributed by atoms with van der Waals surface area (Å²) in [5.74, 6) is -0.622. The molecule has 0 spiro atoms. The molecule has 2 aromatic carbocycles. The zero-order chi connectivity index (χ0) is 22.5. The monoisotopic (exact) mass is 418 g/mol. The zero-order valence-electron chi connectivity index (χ0n) is 16.3. The van der Waals surface area contributed by atoms with E-state index < -0.39 is 17.6 Å². The van der Waals surface area contributed by atoms with Crippen molar-refractivity contribution in [1.82, 2.24) is 5.32 Å². The van der Waals surface area contributed by atoms with Crippen LogP contribution in [-0.4, -0.2) is 31.7 Å². The Morgan fingerprint density at radius 1 is 1.07 bits per heavy atom. The summed E-state index contributed by atoms with van der Waals surface area (Å²) in [5.41, 5.74) is 12.0. The van der Waals surface area contributed by atoms with Crippen LogP contribution in [0.25, 0.3) is 5.70 Å². The number of hydrogen-bond donors (Lipinski definition) is 5. The van der Waals surface area contributed by atoms with Crippen LogP contribution in [0.15, 0.2) is 59.1 Å². The van der Waals surface area contributed by atoms with Crippen molar-refractivity contribution in [3.63, 3.8) is 0 Å². The van der Waals surface area contributed by atoms with Gasteiger partial charge in [-0.05, 0) is 35.9 Å². The number of aliphatic imine (C=N–C) groups is 1. The fourth-order valence-corrected chi connectivity index (χ4v) is 2.67. The molecule has 30 heavy (non-hydrogen) atoms. The average molecular weight is 418 g/mol. The highest BCUT2D eigenvalue weighted by Crippen LogP contribution is 2.29. The van der Waals surface area contributed by atoms with Gasteiger partial charge in [0, 0.05) is 25.3 Å². The Labute approximate surface area is 171 Å². The number of anilines is 1. The minimum atomic E-state index is -4.54. The van der Waals surface area contributed by atoms with Gasteiger partial charge < -0.3 is 22.1 Å². The van der Waals surface area contributed by atoms with Crippen molar-refractivity contribution in [3.8, 4) is 0 Å². The second-order valence-corrected chi connectivity index (χ2v) is 6.13. The van der Waals surface area contributed by atoms with Gasteiger partial charge in [-0.25, -0.2) is 0 Å². The Bertz CT molecular complexity index is 1010. The molecule has 0 unspecified atom stereocenters. The third-order valence-corrected chi connectivity index (χ3v) is 4.14.